The van der Waals surface area contributed by atoms with Crippen molar-refractivity contribution in [3.63, 3.8) is 0 Å². The van der Waals surface area contributed by atoms with E-state index in [9.17, 15) is 14.7 Å². The van der Waals surface area contributed by atoms with Crippen molar-refractivity contribution < 1.29 is 28.9 Å². The Hall–Kier alpha value is -4.63. The first-order chi connectivity index (χ1) is 18.9. The molecule has 1 N–H and O–H groups in total. The maximum Gasteiger partial charge on any atom is 0.301 e. The SMILES string of the molecule is C=CCOc1ccc(C2C(=C(O)c3cccc(OC)c3)C(=O)C(=O)N2c2nc3ccc(OCC)cc3s2)cc1. The molecule has 1 fully saturated rings. The number of carbonyl (C=O) groups excluding carboxylic acids is 2. The summed E-state index contributed by atoms with van der Waals surface area (Å²) in [5.74, 6) is -0.0860. The number of anilines is 1. The first kappa shape index (κ1) is 26.0. The zero-order valence-corrected chi connectivity index (χ0v) is 22.2. The standard InChI is InChI=1S/C30H26N2O6S/c1-4-15-38-20-11-9-18(10-12-20)26-25(27(33)19-7-6-8-21(16-19)36-3)28(34)29(35)32(26)30-31-23-14-13-22(37-5-2)17-24(23)39-30/h4,6-14,16-17,26,33H,1,5,15H2,2-3H3. The topological polar surface area (TPSA) is 98.2 Å². The van der Waals surface area contributed by atoms with Gasteiger partial charge in [-0.3, -0.25) is 14.5 Å². The quantitative estimate of drug-likeness (QED) is 0.122. The zero-order chi connectivity index (χ0) is 27.5. The van der Waals surface area contributed by atoms with Gasteiger partial charge in [-0.05, 0) is 55.0 Å². The second-order valence-corrected chi connectivity index (χ2v) is 9.64. The number of fused-ring (bicyclic) bond motifs is 1. The van der Waals surface area contributed by atoms with Gasteiger partial charge in [0.05, 0.1) is 35.5 Å². The summed E-state index contributed by atoms with van der Waals surface area (Å²) in [6, 6.07) is 18.3. The van der Waals surface area contributed by atoms with Crippen molar-refractivity contribution in [1.29, 1.82) is 0 Å². The van der Waals surface area contributed by atoms with Gasteiger partial charge < -0.3 is 19.3 Å². The number of aliphatic hydroxyl groups is 1. The van der Waals surface area contributed by atoms with E-state index in [1.165, 1.54) is 23.3 Å². The van der Waals surface area contributed by atoms with Gasteiger partial charge in [0, 0.05) is 5.56 Å². The average molecular weight is 543 g/mol. The Labute approximate surface area is 229 Å². The number of amides is 1. The van der Waals surface area contributed by atoms with Crippen LogP contribution in [0.25, 0.3) is 16.0 Å². The number of aliphatic hydroxyl groups excluding tert-OH is 1. The van der Waals surface area contributed by atoms with Gasteiger partial charge >= 0.3 is 5.91 Å². The lowest BCUT2D eigenvalue weighted by Crippen LogP contribution is -2.29. The third-order valence-corrected chi connectivity index (χ3v) is 7.23. The van der Waals surface area contributed by atoms with Crippen LogP contribution in [0.3, 0.4) is 0 Å². The number of hydrogen-bond acceptors (Lipinski definition) is 8. The van der Waals surface area contributed by atoms with E-state index in [0.717, 1.165) is 4.70 Å². The maximum absolute atomic E-state index is 13.5. The van der Waals surface area contributed by atoms with E-state index in [2.05, 4.69) is 11.6 Å². The molecule has 1 saturated heterocycles. The predicted molar refractivity (Wildman–Crippen MR) is 151 cm³/mol. The zero-order valence-electron chi connectivity index (χ0n) is 21.4. The van der Waals surface area contributed by atoms with Crippen LogP contribution in [-0.4, -0.2) is 42.1 Å². The van der Waals surface area contributed by atoms with E-state index in [0.29, 0.717) is 52.2 Å². The van der Waals surface area contributed by atoms with E-state index < -0.39 is 17.7 Å². The van der Waals surface area contributed by atoms with Crippen LogP contribution in [0, 0.1) is 0 Å². The molecule has 1 aromatic heterocycles. The molecular weight excluding hydrogens is 516 g/mol. The molecule has 5 rings (SSSR count). The molecule has 0 aliphatic carbocycles. The van der Waals surface area contributed by atoms with Crippen molar-refractivity contribution in [2.24, 2.45) is 0 Å². The highest BCUT2D eigenvalue weighted by molar-refractivity contribution is 7.22. The summed E-state index contributed by atoms with van der Waals surface area (Å²) in [5, 5.41) is 11.7. The van der Waals surface area contributed by atoms with E-state index in [1.54, 1.807) is 54.6 Å². The fraction of sp³-hybridized carbons (Fsp3) is 0.167. The Morgan fingerprint density at radius 2 is 1.82 bits per heavy atom. The fourth-order valence-corrected chi connectivity index (χ4v) is 5.45. The second kappa shape index (κ2) is 11.0. The Morgan fingerprint density at radius 3 is 2.54 bits per heavy atom. The van der Waals surface area contributed by atoms with Gasteiger partial charge in [0.1, 0.15) is 29.6 Å². The third-order valence-electron chi connectivity index (χ3n) is 6.22. The Morgan fingerprint density at radius 1 is 1.05 bits per heavy atom. The number of carbonyl (C=O) groups is 2. The number of Topliss-reactive ketones (excluding diaryl/α,β-unsaturated/α-hetero) is 1. The van der Waals surface area contributed by atoms with Crippen LogP contribution in [0.4, 0.5) is 5.13 Å². The van der Waals surface area contributed by atoms with Gasteiger partial charge in [-0.1, -0.05) is 48.3 Å². The second-order valence-electron chi connectivity index (χ2n) is 8.63. The van der Waals surface area contributed by atoms with Gasteiger partial charge in [-0.15, -0.1) is 0 Å². The van der Waals surface area contributed by atoms with Crippen LogP contribution in [-0.2, 0) is 9.59 Å². The van der Waals surface area contributed by atoms with Crippen molar-refractivity contribution in [1.82, 2.24) is 4.98 Å². The van der Waals surface area contributed by atoms with Crippen LogP contribution in [0.1, 0.15) is 24.1 Å². The normalized spacial score (nSPS) is 16.5. The molecule has 9 heteroatoms. The molecule has 2 heterocycles. The molecule has 1 unspecified atom stereocenters. The fourth-order valence-electron chi connectivity index (χ4n) is 4.42. The van der Waals surface area contributed by atoms with Gasteiger partial charge in [-0.25, -0.2) is 4.98 Å². The lowest BCUT2D eigenvalue weighted by atomic mass is 9.95. The average Bonchev–Trinajstić information content (AvgIpc) is 3.49. The summed E-state index contributed by atoms with van der Waals surface area (Å²) in [6.07, 6.45) is 1.64. The summed E-state index contributed by atoms with van der Waals surface area (Å²) >= 11 is 1.27. The number of methoxy groups -OCH3 is 1. The largest absolute Gasteiger partial charge is 0.507 e. The van der Waals surface area contributed by atoms with Gasteiger partial charge in [0.2, 0.25) is 0 Å². The summed E-state index contributed by atoms with van der Waals surface area (Å²) in [6.45, 7) is 6.41. The molecular formula is C30H26N2O6S. The van der Waals surface area contributed by atoms with Gasteiger partial charge in [0.15, 0.2) is 5.13 Å². The highest BCUT2D eigenvalue weighted by Crippen LogP contribution is 2.45. The molecule has 4 aromatic rings. The number of aromatic nitrogens is 1. The first-order valence-electron chi connectivity index (χ1n) is 12.3. The minimum absolute atomic E-state index is 0.0396. The van der Waals surface area contributed by atoms with Crippen molar-refractivity contribution in [3.8, 4) is 17.2 Å². The minimum atomic E-state index is -0.920. The van der Waals surface area contributed by atoms with Crippen LogP contribution in [0.5, 0.6) is 17.2 Å². The number of benzene rings is 3. The smallest absolute Gasteiger partial charge is 0.301 e. The van der Waals surface area contributed by atoms with Crippen LogP contribution < -0.4 is 19.1 Å². The van der Waals surface area contributed by atoms with E-state index in [4.69, 9.17) is 14.2 Å². The Kier molecular flexibility index (Phi) is 7.33. The number of ether oxygens (including phenoxy) is 3. The molecule has 3 aromatic carbocycles. The molecule has 1 atom stereocenters. The summed E-state index contributed by atoms with van der Waals surface area (Å²) in [4.78, 5) is 33.0. The minimum Gasteiger partial charge on any atom is -0.507 e. The molecule has 198 valence electrons. The predicted octanol–water partition coefficient (Wildman–Crippen LogP) is 5.89. The molecule has 1 amide bonds. The molecule has 8 nitrogen and oxygen atoms in total. The number of nitrogens with zero attached hydrogens (tertiary/aromatic N) is 2. The van der Waals surface area contributed by atoms with E-state index in [1.807, 2.05) is 25.1 Å². The molecule has 0 radical (unpaired) electrons. The van der Waals surface area contributed by atoms with E-state index in [-0.39, 0.29) is 11.3 Å². The molecule has 0 spiro atoms. The number of ketones is 1. The van der Waals surface area contributed by atoms with Gasteiger partial charge in [-0.2, -0.15) is 0 Å². The van der Waals surface area contributed by atoms with Gasteiger partial charge in [0.25, 0.3) is 5.78 Å². The number of rotatable bonds is 9. The van der Waals surface area contributed by atoms with Crippen molar-refractivity contribution >= 4 is 44.1 Å². The lowest BCUT2D eigenvalue weighted by molar-refractivity contribution is -0.132. The molecule has 39 heavy (non-hydrogen) atoms. The lowest BCUT2D eigenvalue weighted by Gasteiger charge is -2.23. The first-order valence-corrected chi connectivity index (χ1v) is 13.1. The number of thiazole rings is 1. The Balaban J connectivity index is 1.66. The van der Waals surface area contributed by atoms with Crippen LogP contribution in [0.2, 0.25) is 0 Å². The molecule has 1 aliphatic heterocycles. The molecule has 0 bridgehead atoms. The summed E-state index contributed by atoms with van der Waals surface area (Å²) < 4.78 is 17.3. The number of hydrogen-bond donors (Lipinski definition) is 1. The Bertz CT molecular complexity index is 1590. The summed E-state index contributed by atoms with van der Waals surface area (Å²) in [7, 11) is 1.51. The van der Waals surface area contributed by atoms with Crippen molar-refractivity contribution in [2.75, 3.05) is 25.2 Å². The molecule has 0 saturated carbocycles. The van der Waals surface area contributed by atoms with Crippen LogP contribution >= 0.6 is 11.3 Å². The monoisotopic (exact) mass is 542 g/mol. The molecule has 1 aliphatic rings. The highest BCUT2D eigenvalue weighted by Gasteiger charge is 2.48. The maximum atomic E-state index is 13.5. The van der Waals surface area contributed by atoms with E-state index >= 15 is 0 Å². The highest BCUT2D eigenvalue weighted by atomic mass is 32.1. The van der Waals surface area contributed by atoms with Crippen LogP contribution in [0.15, 0.2) is 85.0 Å². The third kappa shape index (κ3) is 4.96. The van der Waals surface area contributed by atoms with Crippen molar-refractivity contribution in [3.05, 3.63) is 96.1 Å². The van der Waals surface area contributed by atoms with Crippen molar-refractivity contribution in [2.45, 2.75) is 13.0 Å². The summed E-state index contributed by atoms with van der Waals surface area (Å²) in [5.41, 5.74) is 1.59.